The first kappa shape index (κ1) is 12.1. The van der Waals surface area contributed by atoms with Crippen LogP contribution in [0.2, 0.25) is 0 Å². The zero-order valence-electron chi connectivity index (χ0n) is 10.1. The van der Waals surface area contributed by atoms with Crippen molar-refractivity contribution in [3.05, 3.63) is 23.8 Å². The van der Waals surface area contributed by atoms with Gasteiger partial charge in [-0.1, -0.05) is 0 Å². The smallest absolute Gasteiger partial charge is 0.151 e. The summed E-state index contributed by atoms with van der Waals surface area (Å²) < 4.78 is 26.5. The third kappa shape index (κ3) is 2.34. The summed E-state index contributed by atoms with van der Waals surface area (Å²) in [4.78, 5) is 4.05. The Kier molecular flexibility index (Phi) is 3.19. The van der Waals surface area contributed by atoms with Gasteiger partial charge in [0.25, 0.3) is 0 Å². The molecule has 2 N–H and O–H groups in total. The predicted octanol–water partition coefficient (Wildman–Crippen LogP) is 1.69. The Labute approximate surface area is 99.8 Å². The maximum atomic E-state index is 13.3. The second-order valence-electron chi connectivity index (χ2n) is 4.67. The minimum absolute atomic E-state index is 0.0332. The molecule has 5 heteroatoms. The fourth-order valence-electron chi connectivity index (χ4n) is 2.21. The van der Waals surface area contributed by atoms with Gasteiger partial charge in [-0.3, -0.25) is 0 Å². The molecule has 0 amide bonds. The molecule has 94 valence electrons. The summed E-state index contributed by atoms with van der Waals surface area (Å²) in [6.45, 7) is 1.52. The molecule has 1 fully saturated rings. The SMILES string of the molecule is CN(C)C1CCN(c2cc(F)cc(F)c2N)C1. The van der Waals surface area contributed by atoms with Gasteiger partial charge in [-0.15, -0.1) is 0 Å². The minimum Gasteiger partial charge on any atom is -0.395 e. The topological polar surface area (TPSA) is 32.5 Å². The van der Waals surface area contributed by atoms with Gasteiger partial charge in [0.05, 0.1) is 11.4 Å². The number of halogens is 2. The molecule has 0 saturated carbocycles. The van der Waals surface area contributed by atoms with E-state index in [1.54, 1.807) is 0 Å². The molecule has 1 heterocycles. The number of nitrogens with two attached hydrogens (primary N) is 1. The van der Waals surface area contributed by atoms with Crippen molar-refractivity contribution in [2.75, 3.05) is 37.8 Å². The molecule has 1 aliphatic rings. The van der Waals surface area contributed by atoms with Crippen molar-refractivity contribution < 1.29 is 8.78 Å². The standard InChI is InChI=1S/C12H17F2N3/c1-16(2)9-3-4-17(7-9)11-6-8(13)5-10(14)12(11)15/h5-6,9H,3-4,7,15H2,1-2H3. The largest absolute Gasteiger partial charge is 0.395 e. The van der Waals surface area contributed by atoms with Crippen LogP contribution >= 0.6 is 0 Å². The number of hydrogen-bond acceptors (Lipinski definition) is 3. The number of benzene rings is 1. The summed E-state index contributed by atoms with van der Waals surface area (Å²) in [6, 6.07) is 2.52. The van der Waals surface area contributed by atoms with Gasteiger partial charge in [-0.25, -0.2) is 8.78 Å². The van der Waals surface area contributed by atoms with E-state index < -0.39 is 11.6 Å². The molecule has 0 bridgehead atoms. The Morgan fingerprint density at radius 1 is 1.35 bits per heavy atom. The quantitative estimate of drug-likeness (QED) is 0.800. The molecule has 1 atom stereocenters. The number of nitrogens with zero attached hydrogens (tertiary/aromatic N) is 2. The van der Waals surface area contributed by atoms with Crippen LogP contribution in [-0.2, 0) is 0 Å². The first-order valence-corrected chi connectivity index (χ1v) is 5.65. The van der Waals surface area contributed by atoms with E-state index in [4.69, 9.17) is 5.73 Å². The number of anilines is 2. The molecule has 1 unspecified atom stereocenters. The lowest BCUT2D eigenvalue weighted by molar-refractivity contribution is 0.315. The Bertz CT molecular complexity index is 420. The average molecular weight is 241 g/mol. The lowest BCUT2D eigenvalue weighted by Gasteiger charge is -2.23. The molecule has 3 nitrogen and oxygen atoms in total. The monoisotopic (exact) mass is 241 g/mol. The Morgan fingerprint density at radius 3 is 2.65 bits per heavy atom. The summed E-state index contributed by atoms with van der Waals surface area (Å²) in [5.41, 5.74) is 6.15. The van der Waals surface area contributed by atoms with Crippen LogP contribution in [0.25, 0.3) is 0 Å². The second kappa shape index (κ2) is 4.49. The van der Waals surface area contributed by atoms with E-state index in [-0.39, 0.29) is 5.69 Å². The van der Waals surface area contributed by atoms with Crippen LogP contribution in [0.3, 0.4) is 0 Å². The van der Waals surface area contributed by atoms with Gasteiger partial charge in [0.2, 0.25) is 0 Å². The van der Waals surface area contributed by atoms with Gasteiger partial charge >= 0.3 is 0 Å². The Balaban J connectivity index is 2.24. The average Bonchev–Trinajstić information content (AvgIpc) is 2.72. The molecule has 1 saturated heterocycles. The van der Waals surface area contributed by atoms with Crippen molar-refractivity contribution >= 4 is 11.4 Å². The van der Waals surface area contributed by atoms with Crippen molar-refractivity contribution in [1.82, 2.24) is 4.90 Å². The molecule has 0 aliphatic carbocycles. The fourth-order valence-corrected chi connectivity index (χ4v) is 2.21. The van der Waals surface area contributed by atoms with Gasteiger partial charge < -0.3 is 15.5 Å². The van der Waals surface area contributed by atoms with E-state index in [0.717, 1.165) is 25.6 Å². The van der Waals surface area contributed by atoms with Crippen LogP contribution in [-0.4, -0.2) is 38.1 Å². The van der Waals surface area contributed by atoms with Gasteiger partial charge in [0, 0.05) is 25.2 Å². The van der Waals surface area contributed by atoms with Crippen LogP contribution in [0.5, 0.6) is 0 Å². The van der Waals surface area contributed by atoms with Crippen LogP contribution < -0.4 is 10.6 Å². The summed E-state index contributed by atoms with van der Waals surface area (Å²) in [5.74, 6) is -1.27. The summed E-state index contributed by atoms with van der Waals surface area (Å²) in [6.07, 6.45) is 0.977. The third-order valence-electron chi connectivity index (χ3n) is 3.31. The lowest BCUT2D eigenvalue weighted by Crippen LogP contribution is -2.31. The predicted molar refractivity (Wildman–Crippen MR) is 65.1 cm³/mol. The van der Waals surface area contributed by atoms with Crippen LogP contribution in [0.4, 0.5) is 20.2 Å². The fraction of sp³-hybridized carbons (Fsp3) is 0.500. The highest BCUT2D eigenvalue weighted by molar-refractivity contribution is 5.68. The maximum absolute atomic E-state index is 13.3. The molecule has 0 radical (unpaired) electrons. The van der Waals surface area contributed by atoms with E-state index in [1.807, 2.05) is 19.0 Å². The Morgan fingerprint density at radius 2 is 2.06 bits per heavy atom. The summed E-state index contributed by atoms with van der Waals surface area (Å²) >= 11 is 0. The van der Waals surface area contributed by atoms with Gasteiger partial charge in [-0.2, -0.15) is 0 Å². The van der Waals surface area contributed by atoms with Crippen molar-refractivity contribution in [2.45, 2.75) is 12.5 Å². The Hall–Kier alpha value is -1.36. The second-order valence-corrected chi connectivity index (χ2v) is 4.67. The van der Waals surface area contributed by atoms with E-state index in [0.29, 0.717) is 11.7 Å². The third-order valence-corrected chi connectivity index (χ3v) is 3.31. The highest BCUT2D eigenvalue weighted by Crippen LogP contribution is 2.30. The van der Waals surface area contributed by atoms with Crippen molar-refractivity contribution in [2.24, 2.45) is 0 Å². The highest BCUT2D eigenvalue weighted by atomic mass is 19.1. The first-order chi connectivity index (χ1) is 7.99. The summed E-state index contributed by atoms with van der Waals surface area (Å²) in [5, 5.41) is 0. The molecular formula is C12H17F2N3. The maximum Gasteiger partial charge on any atom is 0.151 e. The van der Waals surface area contributed by atoms with Crippen molar-refractivity contribution in [3.8, 4) is 0 Å². The zero-order valence-corrected chi connectivity index (χ0v) is 10.1. The van der Waals surface area contributed by atoms with Crippen molar-refractivity contribution in [3.63, 3.8) is 0 Å². The lowest BCUT2D eigenvalue weighted by atomic mass is 10.2. The molecule has 0 aromatic heterocycles. The van der Waals surface area contributed by atoms with E-state index >= 15 is 0 Å². The number of rotatable bonds is 2. The van der Waals surface area contributed by atoms with Crippen LogP contribution in [0.15, 0.2) is 12.1 Å². The molecule has 17 heavy (non-hydrogen) atoms. The van der Waals surface area contributed by atoms with Gasteiger partial charge in [0.1, 0.15) is 5.82 Å². The van der Waals surface area contributed by atoms with E-state index in [2.05, 4.69) is 4.90 Å². The molecule has 2 rings (SSSR count). The van der Waals surface area contributed by atoms with E-state index in [9.17, 15) is 8.78 Å². The number of hydrogen-bond donors (Lipinski definition) is 1. The molecule has 1 aromatic rings. The van der Waals surface area contributed by atoms with E-state index in [1.165, 1.54) is 6.07 Å². The first-order valence-electron chi connectivity index (χ1n) is 5.65. The number of nitrogen functional groups attached to an aromatic ring is 1. The number of likely N-dealkylation sites (N-methyl/N-ethyl adjacent to an activating group) is 1. The van der Waals surface area contributed by atoms with Crippen LogP contribution in [0, 0.1) is 11.6 Å². The van der Waals surface area contributed by atoms with Gasteiger partial charge in [0.15, 0.2) is 5.82 Å². The van der Waals surface area contributed by atoms with Crippen molar-refractivity contribution in [1.29, 1.82) is 0 Å². The molecule has 0 spiro atoms. The molecule has 1 aliphatic heterocycles. The van der Waals surface area contributed by atoms with Crippen LogP contribution in [0.1, 0.15) is 6.42 Å². The minimum atomic E-state index is -0.687. The molecular weight excluding hydrogens is 224 g/mol. The molecule has 1 aromatic carbocycles. The normalized spacial score (nSPS) is 20.3. The van der Waals surface area contributed by atoms with Gasteiger partial charge in [-0.05, 0) is 26.6 Å². The summed E-state index contributed by atoms with van der Waals surface area (Å²) in [7, 11) is 4.01. The highest BCUT2D eigenvalue weighted by Gasteiger charge is 2.26. The zero-order chi connectivity index (χ0) is 12.6.